The first-order valence-corrected chi connectivity index (χ1v) is 6.03. The second-order valence-corrected chi connectivity index (χ2v) is 5.59. The Hall–Kier alpha value is -0.810. The molecule has 4 N–H and O–H groups in total. The van der Waals surface area contributed by atoms with Gasteiger partial charge in [0.1, 0.15) is 5.60 Å². The molecular formula is C12H26N2O3. The number of hydrogen-bond donors (Lipinski definition) is 3. The minimum atomic E-state index is -0.521. The van der Waals surface area contributed by atoms with Crippen LogP contribution in [0, 0.1) is 5.92 Å². The monoisotopic (exact) mass is 246 g/mol. The van der Waals surface area contributed by atoms with E-state index in [0.717, 1.165) is 0 Å². The average Bonchev–Trinajstić information content (AvgIpc) is 2.11. The van der Waals surface area contributed by atoms with Crippen LogP contribution in [0.25, 0.3) is 0 Å². The summed E-state index contributed by atoms with van der Waals surface area (Å²) in [5.74, 6) is 0.184. The Morgan fingerprint density at radius 1 is 1.41 bits per heavy atom. The van der Waals surface area contributed by atoms with Crippen molar-refractivity contribution in [2.45, 2.75) is 58.7 Å². The molecular weight excluding hydrogens is 220 g/mol. The van der Waals surface area contributed by atoms with Gasteiger partial charge in [-0.05, 0) is 33.1 Å². The molecule has 0 spiro atoms. The van der Waals surface area contributed by atoms with Crippen molar-refractivity contribution < 1.29 is 14.6 Å². The first-order chi connectivity index (χ1) is 7.67. The maximum Gasteiger partial charge on any atom is 0.407 e. The Kier molecular flexibility index (Phi) is 6.49. The van der Waals surface area contributed by atoms with Crippen LogP contribution in [-0.2, 0) is 4.74 Å². The summed E-state index contributed by atoms with van der Waals surface area (Å²) >= 11 is 0. The van der Waals surface area contributed by atoms with E-state index >= 15 is 0 Å². The number of ether oxygens (including phenoxy) is 1. The standard InChI is InChI=1S/C12H26N2O3/c1-8(2)10(9(13)6-7-15)14-11(16)17-12(3,4)5/h8-10,15H,6-7,13H2,1-5H3,(H,14,16). The molecule has 0 aromatic carbocycles. The van der Waals surface area contributed by atoms with E-state index in [-0.39, 0.29) is 24.6 Å². The van der Waals surface area contributed by atoms with Crippen LogP contribution in [0.1, 0.15) is 41.0 Å². The van der Waals surface area contributed by atoms with Crippen molar-refractivity contribution in [2.24, 2.45) is 11.7 Å². The van der Waals surface area contributed by atoms with Crippen molar-refractivity contribution in [1.82, 2.24) is 5.32 Å². The van der Waals surface area contributed by atoms with Crippen molar-refractivity contribution in [1.29, 1.82) is 0 Å². The maximum atomic E-state index is 11.6. The highest BCUT2D eigenvalue weighted by Gasteiger charge is 2.25. The van der Waals surface area contributed by atoms with Crippen molar-refractivity contribution in [3.05, 3.63) is 0 Å². The molecule has 1 amide bonds. The van der Waals surface area contributed by atoms with Crippen LogP contribution in [0.4, 0.5) is 4.79 Å². The molecule has 102 valence electrons. The second kappa shape index (κ2) is 6.81. The number of aliphatic hydroxyl groups excluding tert-OH is 1. The van der Waals surface area contributed by atoms with Crippen molar-refractivity contribution >= 4 is 6.09 Å². The van der Waals surface area contributed by atoms with Crippen LogP contribution in [0.15, 0.2) is 0 Å². The van der Waals surface area contributed by atoms with Crippen LogP contribution in [0.5, 0.6) is 0 Å². The summed E-state index contributed by atoms with van der Waals surface area (Å²) in [5, 5.41) is 11.6. The smallest absolute Gasteiger partial charge is 0.407 e. The number of aliphatic hydroxyl groups is 1. The summed E-state index contributed by atoms with van der Waals surface area (Å²) in [6, 6.07) is -0.468. The maximum absolute atomic E-state index is 11.6. The van der Waals surface area contributed by atoms with Gasteiger partial charge < -0.3 is 20.9 Å². The van der Waals surface area contributed by atoms with E-state index in [4.69, 9.17) is 15.6 Å². The van der Waals surface area contributed by atoms with Gasteiger partial charge in [0, 0.05) is 18.7 Å². The van der Waals surface area contributed by atoms with E-state index in [1.54, 1.807) is 0 Å². The van der Waals surface area contributed by atoms with Crippen molar-refractivity contribution in [3.8, 4) is 0 Å². The molecule has 5 nitrogen and oxygen atoms in total. The number of nitrogens with one attached hydrogen (secondary N) is 1. The molecule has 0 aliphatic rings. The summed E-state index contributed by atoms with van der Waals surface area (Å²) in [4.78, 5) is 11.6. The van der Waals surface area contributed by atoms with Gasteiger partial charge in [-0.3, -0.25) is 0 Å². The molecule has 0 aliphatic carbocycles. The predicted molar refractivity (Wildman–Crippen MR) is 67.7 cm³/mol. The fourth-order valence-corrected chi connectivity index (χ4v) is 1.54. The van der Waals surface area contributed by atoms with E-state index < -0.39 is 11.7 Å². The highest BCUT2D eigenvalue weighted by atomic mass is 16.6. The Bertz CT molecular complexity index is 236. The third-order valence-electron chi connectivity index (χ3n) is 2.33. The SMILES string of the molecule is CC(C)C(NC(=O)OC(C)(C)C)C(N)CCO. The predicted octanol–water partition coefficient (Wildman–Crippen LogP) is 1.25. The largest absolute Gasteiger partial charge is 0.444 e. The summed E-state index contributed by atoms with van der Waals surface area (Å²) in [6.07, 6.45) is -0.0110. The molecule has 0 aromatic heterocycles. The molecule has 0 saturated carbocycles. The fraction of sp³-hybridized carbons (Fsp3) is 0.917. The molecule has 5 heteroatoms. The first kappa shape index (κ1) is 16.2. The van der Waals surface area contributed by atoms with Crippen molar-refractivity contribution in [3.63, 3.8) is 0 Å². The lowest BCUT2D eigenvalue weighted by Gasteiger charge is -2.29. The number of carbonyl (C=O) groups excluding carboxylic acids is 1. The van der Waals surface area contributed by atoms with E-state index in [1.807, 2.05) is 34.6 Å². The Labute approximate surface area is 104 Å². The molecule has 17 heavy (non-hydrogen) atoms. The van der Waals surface area contributed by atoms with E-state index in [0.29, 0.717) is 6.42 Å². The van der Waals surface area contributed by atoms with Gasteiger partial charge in [-0.2, -0.15) is 0 Å². The second-order valence-electron chi connectivity index (χ2n) is 5.59. The minimum Gasteiger partial charge on any atom is -0.444 e. The third kappa shape index (κ3) is 7.18. The van der Waals surface area contributed by atoms with Gasteiger partial charge in [0.05, 0.1) is 0 Å². The molecule has 2 atom stereocenters. The van der Waals surface area contributed by atoms with Gasteiger partial charge in [0.2, 0.25) is 0 Å². The van der Waals surface area contributed by atoms with E-state index in [1.165, 1.54) is 0 Å². The number of nitrogens with two attached hydrogens (primary N) is 1. The molecule has 2 unspecified atom stereocenters. The first-order valence-electron chi connectivity index (χ1n) is 6.03. The van der Waals surface area contributed by atoms with Crippen LogP contribution < -0.4 is 11.1 Å². The number of rotatable bonds is 5. The zero-order valence-electron chi connectivity index (χ0n) is 11.5. The normalized spacial score (nSPS) is 15.5. The zero-order valence-corrected chi connectivity index (χ0v) is 11.5. The number of hydrogen-bond acceptors (Lipinski definition) is 4. The van der Waals surface area contributed by atoms with Gasteiger partial charge in [0.15, 0.2) is 0 Å². The summed E-state index contributed by atoms with van der Waals surface area (Å²) < 4.78 is 5.18. The Morgan fingerprint density at radius 2 is 1.94 bits per heavy atom. The molecule has 0 saturated heterocycles. The van der Waals surface area contributed by atoms with E-state index in [2.05, 4.69) is 5.32 Å². The van der Waals surface area contributed by atoms with Crippen LogP contribution in [0.3, 0.4) is 0 Å². The van der Waals surface area contributed by atoms with Gasteiger partial charge in [0.25, 0.3) is 0 Å². The summed E-state index contributed by atoms with van der Waals surface area (Å²) in [5.41, 5.74) is 5.39. The highest BCUT2D eigenvalue weighted by molar-refractivity contribution is 5.68. The Morgan fingerprint density at radius 3 is 2.29 bits per heavy atom. The van der Waals surface area contributed by atoms with Gasteiger partial charge in [-0.15, -0.1) is 0 Å². The zero-order chi connectivity index (χ0) is 13.6. The minimum absolute atomic E-state index is 0.0143. The molecule has 0 fully saturated rings. The third-order valence-corrected chi connectivity index (χ3v) is 2.33. The molecule has 0 aromatic rings. The lowest BCUT2D eigenvalue weighted by atomic mass is 9.95. The van der Waals surface area contributed by atoms with Crippen LogP contribution >= 0.6 is 0 Å². The number of carbonyl (C=O) groups is 1. The lowest BCUT2D eigenvalue weighted by Crippen LogP contribution is -2.52. The average molecular weight is 246 g/mol. The topological polar surface area (TPSA) is 84.6 Å². The molecule has 0 aliphatic heterocycles. The Balaban J connectivity index is 4.40. The fourth-order valence-electron chi connectivity index (χ4n) is 1.54. The number of alkyl carbamates (subject to hydrolysis) is 1. The lowest BCUT2D eigenvalue weighted by molar-refractivity contribution is 0.0476. The van der Waals surface area contributed by atoms with Gasteiger partial charge >= 0.3 is 6.09 Å². The number of amides is 1. The molecule has 0 rings (SSSR count). The molecule has 0 radical (unpaired) electrons. The van der Waals surface area contributed by atoms with Gasteiger partial charge in [-0.25, -0.2) is 4.79 Å². The van der Waals surface area contributed by atoms with Gasteiger partial charge in [-0.1, -0.05) is 13.8 Å². The van der Waals surface area contributed by atoms with Crippen molar-refractivity contribution in [2.75, 3.05) is 6.61 Å². The summed E-state index contributed by atoms with van der Waals surface area (Å²) in [6.45, 7) is 9.39. The molecule has 0 heterocycles. The quantitative estimate of drug-likeness (QED) is 0.681. The molecule has 0 bridgehead atoms. The van der Waals surface area contributed by atoms with Crippen LogP contribution in [0.2, 0.25) is 0 Å². The van der Waals surface area contributed by atoms with Crippen LogP contribution in [-0.4, -0.2) is 35.5 Å². The highest BCUT2D eigenvalue weighted by Crippen LogP contribution is 2.11. The van der Waals surface area contributed by atoms with E-state index in [9.17, 15) is 4.79 Å². The summed E-state index contributed by atoms with van der Waals surface area (Å²) in [7, 11) is 0.